The quantitative estimate of drug-likeness (QED) is 0.483. The standard InChI is InChI=1S/C12H9BN2O4S.W/c1-8-6-14-12(20-8)15-11(17)9-3-2-4-10(5-9)13(18)19-7-16;/h2-3,5-6,18H,1H3,(H,14,15,17);/q-2;+2. The summed E-state index contributed by atoms with van der Waals surface area (Å²) < 4.78 is 4.26. The molecule has 2 rings (SSSR count). The second-order valence-electron chi connectivity index (χ2n) is 3.82. The molecule has 21 heavy (non-hydrogen) atoms. The van der Waals surface area contributed by atoms with Gasteiger partial charge in [0, 0.05) is 11.1 Å². The van der Waals surface area contributed by atoms with Crippen LogP contribution in [0.5, 0.6) is 0 Å². The van der Waals surface area contributed by atoms with Gasteiger partial charge in [-0.15, -0.1) is 16.8 Å². The Morgan fingerprint density at radius 2 is 2.38 bits per heavy atom. The van der Waals surface area contributed by atoms with Crippen LogP contribution in [0, 0.1) is 13.0 Å². The van der Waals surface area contributed by atoms with Gasteiger partial charge in [-0.2, -0.15) is 24.3 Å². The van der Waals surface area contributed by atoms with E-state index in [4.69, 9.17) is 0 Å². The van der Waals surface area contributed by atoms with Crippen molar-refractivity contribution in [1.29, 1.82) is 0 Å². The number of rotatable bonds is 5. The second-order valence-corrected chi connectivity index (χ2v) is 5.05. The average molecular weight is 472 g/mol. The number of nitrogens with one attached hydrogen (secondary N) is 1. The third-order valence-electron chi connectivity index (χ3n) is 2.35. The van der Waals surface area contributed by atoms with E-state index < -0.39 is 7.12 Å². The molecule has 0 bridgehead atoms. The normalized spacial score (nSPS) is 9.43. The minimum Gasteiger partial charge on any atom is -0.702 e. The Morgan fingerprint density at radius 1 is 1.62 bits per heavy atom. The molecule has 9 heteroatoms. The third kappa shape index (κ3) is 4.77. The van der Waals surface area contributed by atoms with Gasteiger partial charge in [-0.05, 0) is 6.92 Å². The zero-order valence-corrected chi connectivity index (χ0v) is 14.6. The number of hydrogen-bond acceptors (Lipinski definition) is 6. The Hall–Kier alpha value is -1.50. The van der Waals surface area contributed by atoms with Gasteiger partial charge in [0.25, 0.3) is 0 Å². The van der Waals surface area contributed by atoms with Crippen molar-refractivity contribution in [3.8, 4) is 0 Å². The maximum atomic E-state index is 12.0. The van der Waals surface area contributed by atoms with E-state index in [1.165, 1.54) is 29.5 Å². The fourth-order valence-corrected chi connectivity index (χ4v) is 2.12. The van der Waals surface area contributed by atoms with Gasteiger partial charge in [-0.25, -0.2) is 4.98 Å². The van der Waals surface area contributed by atoms with Crippen molar-refractivity contribution >= 4 is 41.4 Å². The fraction of sp³-hybridized carbons (Fsp3) is 0.0833. The minimum atomic E-state index is -1.50. The summed E-state index contributed by atoms with van der Waals surface area (Å²) in [6.45, 7) is 3.01. The van der Waals surface area contributed by atoms with Gasteiger partial charge in [0.15, 0.2) is 5.13 Å². The Morgan fingerprint density at radius 3 is 3.00 bits per heavy atom. The molecule has 0 atom stereocenters. The van der Waals surface area contributed by atoms with Gasteiger partial charge in [0.05, 0.1) is 0 Å². The van der Waals surface area contributed by atoms with E-state index in [0.29, 0.717) is 10.7 Å². The number of carbonyl (C=O) groups excluding carboxylic acids is 2. The molecule has 0 spiro atoms. The van der Waals surface area contributed by atoms with Gasteiger partial charge < -0.3 is 14.5 Å². The van der Waals surface area contributed by atoms with Crippen LogP contribution in [0.1, 0.15) is 15.2 Å². The molecule has 1 amide bonds. The molecule has 2 aromatic rings. The summed E-state index contributed by atoms with van der Waals surface area (Å²) in [6.07, 6.45) is 1.65. The van der Waals surface area contributed by atoms with E-state index >= 15 is 0 Å². The number of thiazole rings is 1. The molecule has 0 aliphatic carbocycles. The Balaban J connectivity index is 0.00000220. The van der Waals surface area contributed by atoms with Crippen LogP contribution in [0.4, 0.5) is 5.13 Å². The van der Waals surface area contributed by atoms with Gasteiger partial charge in [-0.3, -0.25) is 10.1 Å². The van der Waals surface area contributed by atoms with Crippen molar-refractivity contribution < 1.29 is 40.3 Å². The SMILES string of the molecule is Cc1cnc(NC(=O)c2cc[c-]c(B(O)O[C-]=O)c2)s1.[W+2]. The molecule has 0 aliphatic heterocycles. The fourth-order valence-electron chi connectivity index (χ4n) is 1.46. The van der Waals surface area contributed by atoms with Crippen molar-refractivity contribution in [2.75, 3.05) is 5.32 Å². The van der Waals surface area contributed by atoms with Gasteiger partial charge >= 0.3 is 28.2 Å². The molecule has 6 nitrogen and oxygen atoms in total. The molecule has 1 aromatic heterocycles. The summed E-state index contributed by atoms with van der Waals surface area (Å²) in [4.78, 5) is 27.0. The second kappa shape index (κ2) is 8.07. The molecule has 0 radical (unpaired) electrons. The minimum absolute atomic E-state index is 0. The number of aryl methyl sites for hydroxylation is 1. The maximum absolute atomic E-state index is 12.0. The predicted octanol–water partition coefficient (Wildman–Crippen LogP) is 0.273. The van der Waals surface area contributed by atoms with Crippen molar-refractivity contribution in [3.63, 3.8) is 0 Å². The van der Waals surface area contributed by atoms with Gasteiger partial charge in [-0.1, -0.05) is 12.0 Å². The first-order chi connectivity index (χ1) is 9.60. The van der Waals surface area contributed by atoms with Crippen molar-refractivity contribution in [2.45, 2.75) is 6.92 Å². The molecule has 0 fully saturated rings. The van der Waals surface area contributed by atoms with Crippen LogP contribution in [-0.2, 0) is 30.5 Å². The number of hydrogen-bond donors (Lipinski definition) is 2. The van der Waals surface area contributed by atoms with Crippen LogP contribution in [0.3, 0.4) is 0 Å². The molecule has 0 saturated heterocycles. The average Bonchev–Trinajstić information content (AvgIpc) is 2.84. The summed E-state index contributed by atoms with van der Waals surface area (Å²) in [5.41, 5.74) is 0.455. The maximum Gasteiger partial charge on any atom is 2.00 e. The summed E-state index contributed by atoms with van der Waals surface area (Å²) in [5, 5.41) is 12.6. The largest absolute Gasteiger partial charge is 2.00 e. The van der Waals surface area contributed by atoms with Gasteiger partial charge in [0.1, 0.15) is 0 Å². The summed E-state index contributed by atoms with van der Waals surface area (Å²) in [5.74, 6) is -0.378. The summed E-state index contributed by atoms with van der Waals surface area (Å²) >= 11 is 1.35. The molecular weight excluding hydrogens is 463 g/mol. The molecule has 0 unspecified atom stereocenters. The van der Waals surface area contributed by atoms with E-state index in [0.717, 1.165) is 11.3 Å². The van der Waals surface area contributed by atoms with Crippen LogP contribution in [0.25, 0.3) is 0 Å². The van der Waals surface area contributed by atoms with E-state index in [2.05, 4.69) is 21.0 Å². The molecule has 0 aliphatic rings. The predicted molar refractivity (Wildman–Crippen MR) is 74.5 cm³/mol. The number of nitrogens with zero attached hydrogens (tertiary/aromatic N) is 1. The van der Waals surface area contributed by atoms with E-state index in [1.807, 2.05) is 6.92 Å². The Bertz CT molecular complexity index is 637. The number of carbonyl (C=O) groups is 1. The first-order valence-electron chi connectivity index (χ1n) is 5.56. The van der Waals surface area contributed by atoms with E-state index in [9.17, 15) is 14.6 Å². The Labute approximate surface area is 140 Å². The monoisotopic (exact) mass is 472 g/mol. The van der Waals surface area contributed by atoms with Crippen LogP contribution in [0.15, 0.2) is 24.4 Å². The number of benzene rings is 1. The molecular formula is C12H9BN2O4SW. The van der Waals surface area contributed by atoms with Crippen LogP contribution in [-0.4, -0.2) is 29.5 Å². The van der Waals surface area contributed by atoms with E-state index in [1.54, 1.807) is 6.20 Å². The summed E-state index contributed by atoms with van der Waals surface area (Å²) in [6, 6.07) is 7.02. The summed E-state index contributed by atoms with van der Waals surface area (Å²) in [7, 11) is -1.50. The number of anilines is 1. The smallest absolute Gasteiger partial charge is 0.702 e. The zero-order chi connectivity index (χ0) is 14.5. The van der Waals surface area contributed by atoms with Crippen molar-refractivity contribution in [3.05, 3.63) is 40.9 Å². The van der Waals surface area contributed by atoms with Crippen LogP contribution < -0.4 is 10.8 Å². The molecule has 1 aromatic carbocycles. The molecule has 0 saturated carbocycles. The molecule has 2 N–H and O–H groups in total. The Kier molecular flexibility index (Phi) is 6.75. The van der Waals surface area contributed by atoms with Crippen molar-refractivity contribution in [1.82, 2.24) is 4.98 Å². The number of amides is 1. The molecule has 1 heterocycles. The first-order valence-corrected chi connectivity index (χ1v) is 6.38. The van der Waals surface area contributed by atoms with Gasteiger partial charge in [0.2, 0.25) is 5.91 Å². The topological polar surface area (TPSA) is 88.5 Å². The molecule has 106 valence electrons. The third-order valence-corrected chi connectivity index (χ3v) is 3.18. The number of aromatic nitrogens is 1. The van der Waals surface area contributed by atoms with Crippen LogP contribution in [0.2, 0.25) is 0 Å². The van der Waals surface area contributed by atoms with Crippen molar-refractivity contribution in [2.24, 2.45) is 0 Å². The van der Waals surface area contributed by atoms with Crippen LogP contribution >= 0.6 is 11.3 Å². The first kappa shape index (κ1) is 17.6. The van der Waals surface area contributed by atoms with E-state index in [-0.39, 0.29) is 32.4 Å². The zero-order valence-electron chi connectivity index (χ0n) is 10.8.